The van der Waals surface area contributed by atoms with E-state index in [1.807, 2.05) is 6.92 Å². The van der Waals surface area contributed by atoms with Crippen molar-refractivity contribution >= 4 is 21.8 Å². The van der Waals surface area contributed by atoms with Crippen LogP contribution in [0.1, 0.15) is 24.0 Å². The molecule has 1 fully saturated rings. The molecule has 0 bridgehead atoms. The number of Topliss-reactive ketones (excluding diaryl/α,β-unsaturated/α-hetero) is 1. The van der Waals surface area contributed by atoms with Gasteiger partial charge in [-0.15, -0.1) is 0 Å². The first kappa shape index (κ1) is 22.3. The topological polar surface area (TPSA) is 136 Å². The lowest BCUT2D eigenvalue weighted by atomic mass is 10.1. The third-order valence-electron chi connectivity index (χ3n) is 5.64. The summed E-state index contributed by atoms with van der Waals surface area (Å²) in [5.41, 5.74) is 7.14. The molecule has 32 heavy (non-hydrogen) atoms. The van der Waals surface area contributed by atoms with Crippen LogP contribution < -0.4 is 15.2 Å². The van der Waals surface area contributed by atoms with Gasteiger partial charge in [0.05, 0.1) is 10.9 Å². The summed E-state index contributed by atoms with van der Waals surface area (Å²) >= 11 is 0. The van der Waals surface area contributed by atoms with Crippen LogP contribution in [0.25, 0.3) is 0 Å². The lowest BCUT2D eigenvalue weighted by Crippen LogP contribution is -2.47. The van der Waals surface area contributed by atoms with Crippen LogP contribution in [-0.2, 0) is 26.0 Å². The van der Waals surface area contributed by atoms with Crippen molar-refractivity contribution in [1.82, 2.24) is 4.31 Å². The van der Waals surface area contributed by atoms with E-state index in [-0.39, 0.29) is 17.9 Å². The van der Waals surface area contributed by atoms with Crippen molar-refractivity contribution in [2.45, 2.75) is 49.5 Å². The highest BCUT2D eigenvalue weighted by Gasteiger charge is 2.45. The number of carboxylic acids is 1. The molecule has 0 radical (unpaired) electrons. The maximum absolute atomic E-state index is 13.2. The largest absolute Gasteiger partial charge is 0.480 e. The average Bonchev–Trinajstić information content (AvgIpc) is 3.41. The van der Waals surface area contributed by atoms with E-state index >= 15 is 0 Å². The third kappa shape index (κ3) is 4.21. The molecule has 2 unspecified atom stereocenters. The molecule has 3 N–H and O–H groups in total. The highest BCUT2D eigenvalue weighted by Crippen LogP contribution is 2.37. The van der Waals surface area contributed by atoms with Crippen molar-refractivity contribution in [1.29, 1.82) is 0 Å². The van der Waals surface area contributed by atoms with E-state index < -0.39 is 40.1 Å². The van der Waals surface area contributed by atoms with E-state index in [0.29, 0.717) is 29.9 Å². The van der Waals surface area contributed by atoms with E-state index in [0.717, 1.165) is 5.56 Å². The molecule has 0 amide bonds. The lowest BCUT2D eigenvalue weighted by molar-refractivity contribution is -0.138. The Kier molecular flexibility index (Phi) is 5.93. The normalized spacial score (nSPS) is 21.4. The first-order chi connectivity index (χ1) is 15.2. The fourth-order valence-electron chi connectivity index (χ4n) is 3.90. The molecule has 10 heteroatoms. The summed E-state index contributed by atoms with van der Waals surface area (Å²) in [6.07, 6.45) is -0.247. The Hall–Kier alpha value is -2.95. The first-order valence-electron chi connectivity index (χ1n) is 10.2. The lowest BCUT2D eigenvalue weighted by Gasteiger charge is -2.24. The number of benzene rings is 2. The average molecular weight is 461 g/mol. The van der Waals surface area contributed by atoms with Gasteiger partial charge in [0, 0.05) is 6.54 Å². The number of nitrogens with two attached hydrogens (primary N) is 1. The number of hydrogen-bond acceptors (Lipinski definition) is 7. The number of aliphatic carboxylic acids is 1. The molecule has 0 spiro atoms. The summed E-state index contributed by atoms with van der Waals surface area (Å²) in [6.45, 7) is 2.11. The van der Waals surface area contributed by atoms with Crippen molar-refractivity contribution < 1.29 is 32.6 Å². The molecule has 2 aliphatic heterocycles. The molecule has 3 atom stereocenters. The van der Waals surface area contributed by atoms with Crippen LogP contribution in [0.15, 0.2) is 47.4 Å². The molecule has 2 aromatic rings. The highest BCUT2D eigenvalue weighted by molar-refractivity contribution is 7.89. The zero-order valence-electron chi connectivity index (χ0n) is 17.4. The van der Waals surface area contributed by atoms with E-state index in [1.54, 1.807) is 30.3 Å². The summed E-state index contributed by atoms with van der Waals surface area (Å²) in [7, 11) is -3.84. The fraction of sp³-hybridized carbons (Fsp3) is 0.364. The fourth-order valence-corrected chi connectivity index (χ4v) is 5.56. The van der Waals surface area contributed by atoms with Crippen LogP contribution in [0.4, 0.5) is 0 Å². The Labute approximate surface area is 185 Å². The molecule has 0 aliphatic carbocycles. The minimum Gasteiger partial charge on any atom is -0.480 e. The van der Waals surface area contributed by atoms with Gasteiger partial charge in [0.1, 0.15) is 6.04 Å². The molecular formula is C22H24N2O7S. The van der Waals surface area contributed by atoms with Crippen LogP contribution in [0, 0.1) is 6.92 Å². The number of rotatable bonds is 7. The van der Waals surface area contributed by atoms with Gasteiger partial charge in [-0.1, -0.05) is 23.8 Å². The van der Waals surface area contributed by atoms with Gasteiger partial charge in [-0.2, -0.15) is 4.31 Å². The molecule has 2 aliphatic rings. The number of nitrogens with zero attached hydrogens (tertiary/aromatic N) is 1. The molecule has 0 aromatic heterocycles. The Morgan fingerprint density at radius 3 is 2.53 bits per heavy atom. The summed E-state index contributed by atoms with van der Waals surface area (Å²) in [6, 6.07) is 9.37. The standard InChI is InChI=1S/C22H24N2O7S/c1-13-4-7-15(8-5-13)32(28,29)24-10-2-3-17(24)20(25)22-30-18-9-6-14(12-19(18)31-22)11-16(23)21(26)27/h4-9,12,16-17,22H,2-3,10-11,23H2,1H3,(H,26,27)/t16?,17-,22?/m0/s1. The maximum atomic E-state index is 13.2. The number of ketones is 1. The maximum Gasteiger partial charge on any atom is 0.320 e. The zero-order valence-corrected chi connectivity index (χ0v) is 18.2. The minimum atomic E-state index is -3.84. The Morgan fingerprint density at radius 1 is 1.16 bits per heavy atom. The molecule has 2 aromatic carbocycles. The number of carboxylic acid groups (broad SMARTS) is 1. The summed E-state index contributed by atoms with van der Waals surface area (Å²) < 4.78 is 38.8. The molecule has 9 nitrogen and oxygen atoms in total. The SMILES string of the molecule is Cc1ccc(S(=O)(=O)N2CCC[C@H]2C(=O)C2Oc3ccc(CC(N)C(=O)O)cc3O2)cc1. The predicted molar refractivity (Wildman–Crippen MR) is 114 cm³/mol. The number of carbonyl (C=O) groups excluding carboxylic acids is 1. The number of fused-ring (bicyclic) bond motifs is 1. The summed E-state index contributed by atoms with van der Waals surface area (Å²) in [4.78, 5) is 24.3. The van der Waals surface area contributed by atoms with Gasteiger partial charge >= 0.3 is 12.3 Å². The van der Waals surface area contributed by atoms with Gasteiger partial charge in [-0.05, 0) is 56.0 Å². The monoisotopic (exact) mass is 460 g/mol. The Morgan fingerprint density at radius 2 is 1.84 bits per heavy atom. The number of carbonyl (C=O) groups is 2. The van der Waals surface area contributed by atoms with Gasteiger partial charge < -0.3 is 20.3 Å². The quantitative estimate of drug-likeness (QED) is 0.634. The molecule has 1 saturated heterocycles. The van der Waals surface area contributed by atoms with Crippen molar-refractivity contribution in [3.05, 3.63) is 53.6 Å². The second-order valence-electron chi connectivity index (χ2n) is 7.99. The van der Waals surface area contributed by atoms with Crippen molar-refractivity contribution in [2.24, 2.45) is 5.73 Å². The van der Waals surface area contributed by atoms with E-state index in [1.165, 1.54) is 16.4 Å². The van der Waals surface area contributed by atoms with E-state index in [2.05, 4.69) is 0 Å². The number of ether oxygens (including phenoxy) is 2. The van der Waals surface area contributed by atoms with E-state index in [4.69, 9.17) is 20.3 Å². The molecule has 170 valence electrons. The first-order valence-corrected chi connectivity index (χ1v) is 11.7. The van der Waals surface area contributed by atoms with Crippen molar-refractivity contribution in [2.75, 3.05) is 6.54 Å². The number of hydrogen-bond donors (Lipinski definition) is 2. The smallest absolute Gasteiger partial charge is 0.320 e. The minimum absolute atomic E-state index is 0.0930. The molecule has 2 heterocycles. The second kappa shape index (κ2) is 8.53. The predicted octanol–water partition coefficient (Wildman–Crippen LogP) is 1.47. The van der Waals surface area contributed by atoms with Crippen molar-refractivity contribution in [3.63, 3.8) is 0 Å². The Balaban J connectivity index is 1.50. The highest BCUT2D eigenvalue weighted by atomic mass is 32.2. The third-order valence-corrected chi connectivity index (χ3v) is 7.56. The van der Waals surface area contributed by atoms with Gasteiger partial charge in [-0.25, -0.2) is 8.42 Å². The van der Waals surface area contributed by atoms with Gasteiger partial charge in [0.15, 0.2) is 11.5 Å². The van der Waals surface area contributed by atoms with Gasteiger partial charge in [0.25, 0.3) is 0 Å². The second-order valence-corrected chi connectivity index (χ2v) is 9.88. The number of aryl methyl sites for hydroxylation is 1. The van der Waals surface area contributed by atoms with Crippen LogP contribution >= 0.6 is 0 Å². The summed E-state index contributed by atoms with van der Waals surface area (Å²) in [5, 5.41) is 8.98. The molecular weight excluding hydrogens is 436 g/mol. The van der Waals surface area contributed by atoms with Gasteiger partial charge in [-0.3, -0.25) is 9.59 Å². The number of sulfonamides is 1. The van der Waals surface area contributed by atoms with Crippen LogP contribution in [0.2, 0.25) is 0 Å². The molecule has 4 rings (SSSR count). The van der Waals surface area contributed by atoms with Crippen LogP contribution in [0.3, 0.4) is 0 Å². The molecule has 0 saturated carbocycles. The Bertz CT molecular complexity index is 1150. The zero-order chi connectivity index (χ0) is 23.0. The van der Waals surface area contributed by atoms with Crippen LogP contribution in [-0.4, -0.2) is 54.5 Å². The van der Waals surface area contributed by atoms with Crippen LogP contribution in [0.5, 0.6) is 11.5 Å². The van der Waals surface area contributed by atoms with Crippen molar-refractivity contribution in [3.8, 4) is 11.5 Å². The van der Waals surface area contributed by atoms with Gasteiger partial charge in [0.2, 0.25) is 15.8 Å². The summed E-state index contributed by atoms with van der Waals surface area (Å²) in [5.74, 6) is -0.962. The van der Waals surface area contributed by atoms with E-state index in [9.17, 15) is 18.0 Å².